The van der Waals surface area contributed by atoms with Crippen LogP contribution in [0.25, 0.3) is 0 Å². The molecule has 21 heavy (non-hydrogen) atoms. The Labute approximate surface area is 126 Å². The lowest BCUT2D eigenvalue weighted by Gasteiger charge is -2.21. The van der Waals surface area contributed by atoms with Crippen LogP contribution >= 0.6 is 0 Å². The summed E-state index contributed by atoms with van der Waals surface area (Å²) in [6.45, 7) is 2.83. The average molecular weight is 284 g/mol. The van der Waals surface area contributed by atoms with Crippen molar-refractivity contribution in [2.45, 2.75) is 25.7 Å². The lowest BCUT2D eigenvalue weighted by Crippen LogP contribution is -2.26. The van der Waals surface area contributed by atoms with Gasteiger partial charge in [-0.15, -0.1) is 0 Å². The fourth-order valence-electron chi connectivity index (χ4n) is 2.98. The molecule has 0 bridgehead atoms. The monoisotopic (exact) mass is 284 g/mol. The molecule has 1 aromatic carbocycles. The van der Waals surface area contributed by atoms with Crippen molar-refractivity contribution in [1.29, 1.82) is 0 Å². The van der Waals surface area contributed by atoms with E-state index in [-0.39, 0.29) is 0 Å². The first-order valence-corrected chi connectivity index (χ1v) is 7.76. The normalized spacial score (nSPS) is 19.3. The Kier molecular flexibility index (Phi) is 4.25. The van der Waals surface area contributed by atoms with Crippen LogP contribution in [-0.4, -0.2) is 37.5 Å². The minimum Gasteiger partial charge on any atom is -0.370 e. The van der Waals surface area contributed by atoms with E-state index >= 15 is 0 Å². The molecule has 112 valence electrons. The van der Waals surface area contributed by atoms with Gasteiger partial charge in [0.25, 0.3) is 0 Å². The highest BCUT2D eigenvalue weighted by Gasteiger charge is 2.11. The highest BCUT2D eigenvalue weighted by Crippen LogP contribution is 2.24. The molecule has 0 amide bonds. The molecule has 0 fully saturated rings. The molecule has 3 N–H and O–H groups in total. The fourth-order valence-corrected chi connectivity index (χ4v) is 2.98. The van der Waals surface area contributed by atoms with Gasteiger partial charge in [-0.1, -0.05) is 17.7 Å². The molecule has 4 nitrogen and oxygen atoms in total. The molecule has 0 saturated carbocycles. The molecule has 0 atom stereocenters. The van der Waals surface area contributed by atoms with E-state index in [2.05, 4.69) is 46.5 Å². The summed E-state index contributed by atoms with van der Waals surface area (Å²) in [6.07, 6.45) is 7.01. The highest BCUT2D eigenvalue weighted by molar-refractivity contribution is 5.92. The van der Waals surface area contributed by atoms with Gasteiger partial charge in [0.15, 0.2) is 5.96 Å². The van der Waals surface area contributed by atoms with E-state index in [9.17, 15) is 0 Å². The van der Waals surface area contributed by atoms with Crippen molar-refractivity contribution in [3.05, 3.63) is 41.0 Å². The first kappa shape index (κ1) is 14.1. The summed E-state index contributed by atoms with van der Waals surface area (Å²) in [5.41, 5.74) is 11.4. The van der Waals surface area contributed by atoms with Crippen molar-refractivity contribution in [2.24, 2.45) is 10.7 Å². The molecule has 0 radical (unpaired) electrons. The number of hydrogen-bond acceptors (Lipinski definition) is 2. The van der Waals surface area contributed by atoms with Crippen molar-refractivity contribution in [3.63, 3.8) is 0 Å². The number of aliphatic imine (C=N–C) groups is 1. The van der Waals surface area contributed by atoms with Crippen LogP contribution in [0.15, 0.2) is 34.8 Å². The summed E-state index contributed by atoms with van der Waals surface area (Å²) in [7, 11) is 2.14. The minimum atomic E-state index is 0.507. The first-order valence-electron chi connectivity index (χ1n) is 7.76. The van der Waals surface area contributed by atoms with E-state index in [4.69, 9.17) is 5.73 Å². The largest absolute Gasteiger partial charge is 0.370 e. The minimum absolute atomic E-state index is 0.507. The Balaban J connectivity index is 1.58. The summed E-state index contributed by atoms with van der Waals surface area (Å²) in [6, 6.07) is 6.51. The molecule has 1 aliphatic heterocycles. The molecule has 2 aliphatic rings. The molecule has 3 rings (SSSR count). The van der Waals surface area contributed by atoms with Crippen LogP contribution in [0.3, 0.4) is 0 Å². The van der Waals surface area contributed by atoms with Gasteiger partial charge in [0.05, 0.1) is 6.54 Å². The summed E-state index contributed by atoms with van der Waals surface area (Å²) in [5.74, 6) is 0.507. The Morgan fingerprint density at radius 1 is 1.29 bits per heavy atom. The van der Waals surface area contributed by atoms with Crippen molar-refractivity contribution < 1.29 is 0 Å². The molecule has 0 unspecified atom stereocenters. The number of rotatable bonds is 3. The van der Waals surface area contributed by atoms with Crippen molar-refractivity contribution in [2.75, 3.05) is 32.0 Å². The highest BCUT2D eigenvalue weighted by atomic mass is 15.1. The number of fused-ring (bicyclic) bond motifs is 1. The number of nitrogens with two attached hydrogens (primary N) is 1. The van der Waals surface area contributed by atoms with Gasteiger partial charge >= 0.3 is 0 Å². The molecule has 1 aromatic rings. The smallest absolute Gasteiger partial charge is 0.193 e. The van der Waals surface area contributed by atoms with Crippen LogP contribution in [0.2, 0.25) is 0 Å². The number of anilines is 1. The average Bonchev–Trinajstić information content (AvgIpc) is 2.94. The van der Waals surface area contributed by atoms with Crippen molar-refractivity contribution in [3.8, 4) is 0 Å². The molecule has 1 heterocycles. The van der Waals surface area contributed by atoms with E-state index in [1.54, 1.807) is 0 Å². The SMILES string of the molecule is CN1CC=C(CN=C(N)Nc2ccc3c(c2)CCC3)CC1. The quantitative estimate of drug-likeness (QED) is 0.508. The Bertz CT molecular complexity index is 574. The Morgan fingerprint density at radius 2 is 2.14 bits per heavy atom. The number of aryl methyl sites for hydroxylation is 2. The van der Waals surface area contributed by atoms with Crippen LogP contribution in [-0.2, 0) is 12.8 Å². The summed E-state index contributed by atoms with van der Waals surface area (Å²) in [4.78, 5) is 6.76. The number of nitrogens with zero attached hydrogens (tertiary/aromatic N) is 2. The standard InChI is InChI=1S/C17H24N4/c1-21-9-7-13(8-10-21)12-19-17(18)20-16-6-5-14-3-2-4-15(14)11-16/h5-7,11H,2-4,8-10,12H2,1H3,(H3,18,19,20). The zero-order valence-corrected chi connectivity index (χ0v) is 12.7. The van der Waals surface area contributed by atoms with Gasteiger partial charge in [-0.2, -0.15) is 0 Å². The molecule has 1 aliphatic carbocycles. The number of likely N-dealkylation sites (N-methyl/N-ethyl adjacent to an activating group) is 1. The number of nitrogens with one attached hydrogen (secondary N) is 1. The molecule has 0 aromatic heterocycles. The predicted molar refractivity (Wildman–Crippen MR) is 88.8 cm³/mol. The lowest BCUT2D eigenvalue weighted by atomic mass is 10.1. The zero-order valence-electron chi connectivity index (χ0n) is 12.7. The topological polar surface area (TPSA) is 53.6 Å². The van der Waals surface area contributed by atoms with Gasteiger partial charge < -0.3 is 16.0 Å². The van der Waals surface area contributed by atoms with Crippen LogP contribution < -0.4 is 11.1 Å². The maximum absolute atomic E-state index is 6.00. The predicted octanol–water partition coefficient (Wildman–Crippen LogP) is 2.16. The third-order valence-electron chi connectivity index (χ3n) is 4.33. The fraction of sp³-hybridized carbons (Fsp3) is 0.471. The van der Waals surface area contributed by atoms with E-state index in [0.717, 1.165) is 25.2 Å². The van der Waals surface area contributed by atoms with Crippen LogP contribution in [0.4, 0.5) is 5.69 Å². The van der Waals surface area contributed by atoms with Gasteiger partial charge in [-0.25, -0.2) is 4.99 Å². The Hall–Kier alpha value is -1.81. The van der Waals surface area contributed by atoms with E-state index in [1.807, 2.05) is 0 Å². The maximum Gasteiger partial charge on any atom is 0.193 e. The first-order chi connectivity index (χ1) is 10.2. The third-order valence-corrected chi connectivity index (χ3v) is 4.33. The number of benzene rings is 1. The second kappa shape index (κ2) is 6.31. The number of hydrogen-bond donors (Lipinski definition) is 2. The molecule has 0 spiro atoms. The molecular weight excluding hydrogens is 260 g/mol. The lowest BCUT2D eigenvalue weighted by molar-refractivity contribution is 0.358. The second-order valence-corrected chi connectivity index (χ2v) is 6.04. The van der Waals surface area contributed by atoms with Gasteiger partial charge in [0.1, 0.15) is 0 Å². The van der Waals surface area contributed by atoms with Gasteiger partial charge in [0.2, 0.25) is 0 Å². The zero-order chi connectivity index (χ0) is 14.7. The van der Waals surface area contributed by atoms with Gasteiger partial charge in [-0.05, 0) is 56.0 Å². The van der Waals surface area contributed by atoms with Gasteiger partial charge in [0, 0.05) is 18.8 Å². The van der Waals surface area contributed by atoms with Crippen LogP contribution in [0, 0.1) is 0 Å². The van der Waals surface area contributed by atoms with Crippen LogP contribution in [0.5, 0.6) is 0 Å². The van der Waals surface area contributed by atoms with Gasteiger partial charge in [-0.3, -0.25) is 0 Å². The van der Waals surface area contributed by atoms with Crippen LogP contribution in [0.1, 0.15) is 24.0 Å². The summed E-state index contributed by atoms with van der Waals surface area (Å²) >= 11 is 0. The third kappa shape index (κ3) is 3.64. The van der Waals surface area contributed by atoms with E-state index < -0.39 is 0 Å². The van der Waals surface area contributed by atoms with E-state index in [0.29, 0.717) is 12.5 Å². The summed E-state index contributed by atoms with van der Waals surface area (Å²) < 4.78 is 0. The molecule has 4 heteroatoms. The van der Waals surface area contributed by atoms with E-state index in [1.165, 1.54) is 36.0 Å². The summed E-state index contributed by atoms with van der Waals surface area (Å²) in [5, 5.41) is 3.21. The molecular formula is C17H24N4. The maximum atomic E-state index is 6.00. The molecule has 0 saturated heterocycles. The second-order valence-electron chi connectivity index (χ2n) is 6.04. The Morgan fingerprint density at radius 3 is 2.95 bits per heavy atom. The van der Waals surface area contributed by atoms with Crippen molar-refractivity contribution >= 4 is 11.6 Å². The number of guanidine groups is 1. The van der Waals surface area contributed by atoms with Crippen molar-refractivity contribution in [1.82, 2.24) is 4.90 Å².